The van der Waals surface area contributed by atoms with Crippen molar-refractivity contribution in [2.24, 2.45) is 0 Å². The second-order valence-electron chi connectivity index (χ2n) is 8.39. The first-order valence-corrected chi connectivity index (χ1v) is 12.6. The number of hydrogen-bond donors (Lipinski definition) is 1. The highest BCUT2D eigenvalue weighted by atomic mass is 32.1. The number of halogens is 1. The zero-order valence-electron chi connectivity index (χ0n) is 19.0. The van der Waals surface area contributed by atoms with Crippen LogP contribution in [0.3, 0.4) is 0 Å². The van der Waals surface area contributed by atoms with Gasteiger partial charge in [0.2, 0.25) is 0 Å². The van der Waals surface area contributed by atoms with E-state index >= 15 is 0 Å². The molecule has 1 N–H and O–H groups in total. The molecule has 0 bridgehead atoms. The van der Waals surface area contributed by atoms with Crippen LogP contribution < -0.4 is 5.32 Å². The van der Waals surface area contributed by atoms with Crippen LogP contribution in [0, 0.1) is 5.82 Å². The normalized spacial score (nSPS) is 13.8. The number of esters is 1. The lowest BCUT2D eigenvalue weighted by Gasteiger charge is -2.17. The minimum Gasteiger partial charge on any atom is -0.466 e. The summed E-state index contributed by atoms with van der Waals surface area (Å²) in [6.45, 7) is 3.13. The molecule has 2 aromatic heterocycles. The monoisotopic (exact) mass is 467 g/mol. The lowest BCUT2D eigenvalue weighted by Crippen LogP contribution is -2.14. The Kier molecular flexibility index (Phi) is 8.05. The van der Waals surface area contributed by atoms with Crippen LogP contribution in [0.25, 0.3) is 0 Å². The number of aromatic nitrogens is 2. The number of benzene rings is 1. The molecule has 0 aliphatic carbocycles. The zero-order valence-corrected chi connectivity index (χ0v) is 19.8. The Labute approximate surface area is 198 Å². The molecule has 1 aliphatic rings. The third-order valence-corrected chi connectivity index (χ3v) is 6.83. The fourth-order valence-corrected chi connectivity index (χ4v) is 5.08. The quantitative estimate of drug-likeness (QED) is 0.400. The molecule has 7 heteroatoms. The van der Waals surface area contributed by atoms with Crippen molar-refractivity contribution in [2.45, 2.75) is 57.8 Å². The van der Waals surface area contributed by atoms with Crippen molar-refractivity contribution in [2.75, 3.05) is 18.5 Å². The number of anilines is 1. The Morgan fingerprint density at radius 3 is 2.97 bits per heavy atom. The fraction of sp³-hybridized carbons (Fsp3) is 0.423. The van der Waals surface area contributed by atoms with Gasteiger partial charge < -0.3 is 10.1 Å². The molecule has 0 spiro atoms. The van der Waals surface area contributed by atoms with Gasteiger partial charge in [0.05, 0.1) is 23.7 Å². The predicted molar refractivity (Wildman–Crippen MR) is 129 cm³/mol. The SMILES string of the molecule is CCOC(=O)CC(Cc1csc(CCCc2ccc3c(n2)NCCC3)n1)c1cccc(F)c1. The van der Waals surface area contributed by atoms with Crippen LogP contribution in [0.1, 0.15) is 59.6 Å². The van der Waals surface area contributed by atoms with Gasteiger partial charge in [0, 0.05) is 17.6 Å². The van der Waals surface area contributed by atoms with E-state index in [1.165, 1.54) is 24.1 Å². The molecule has 174 valence electrons. The highest BCUT2D eigenvalue weighted by molar-refractivity contribution is 7.09. The predicted octanol–water partition coefficient (Wildman–Crippen LogP) is 5.49. The van der Waals surface area contributed by atoms with Crippen LogP contribution in [0.5, 0.6) is 0 Å². The van der Waals surface area contributed by atoms with Crippen molar-refractivity contribution >= 4 is 23.1 Å². The van der Waals surface area contributed by atoms with Gasteiger partial charge >= 0.3 is 5.97 Å². The van der Waals surface area contributed by atoms with Crippen LogP contribution in [0.15, 0.2) is 41.8 Å². The smallest absolute Gasteiger partial charge is 0.306 e. The summed E-state index contributed by atoms with van der Waals surface area (Å²) >= 11 is 1.64. The van der Waals surface area contributed by atoms with E-state index in [-0.39, 0.29) is 24.1 Å². The first-order chi connectivity index (χ1) is 16.1. The first-order valence-electron chi connectivity index (χ1n) is 11.7. The second-order valence-corrected chi connectivity index (χ2v) is 9.33. The van der Waals surface area contributed by atoms with Crippen molar-refractivity contribution in [3.05, 3.63) is 75.1 Å². The van der Waals surface area contributed by atoms with E-state index in [2.05, 4.69) is 17.4 Å². The number of ether oxygens (including phenoxy) is 1. The van der Waals surface area contributed by atoms with Crippen LogP contribution in [0.2, 0.25) is 0 Å². The number of thiazole rings is 1. The van der Waals surface area contributed by atoms with Gasteiger partial charge in [-0.05, 0) is 80.7 Å². The van der Waals surface area contributed by atoms with E-state index in [1.807, 2.05) is 11.4 Å². The summed E-state index contributed by atoms with van der Waals surface area (Å²) in [5.41, 5.74) is 4.15. The van der Waals surface area contributed by atoms with Crippen LogP contribution in [0.4, 0.5) is 10.2 Å². The molecule has 3 heterocycles. The molecule has 0 saturated heterocycles. The van der Waals surface area contributed by atoms with E-state index in [0.717, 1.165) is 60.0 Å². The number of carbonyl (C=O) groups excluding carboxylic acids is 1. The number of fused-ring (bicyclic) bond motifs is 1. The maximum absolute atomic E-state index is 13.8. The van der Waals surface area contributed by atoms with Gasteiger partial charge in [0.25, 0.3) is 0 Å². The molecule has 1 unspecified atom stereocenters. The zero-order chi connectivity index (χ0) is 23.0. The van der Waals surface area contributed by atoms with E-state index in [0.29, 0.717) is 13.0 Å². The first kappa shape index (κ1) is 23.4. The molecule has 1 atom stereocenters. The summed E-state index contributed by atoms with van der Waals surface area (Å²) < 4.78 is 18.9. The van der Waals surface area contributed by atoms with Gasteiger partial charge in [0.1, 0.15) is 11.6 Å². The summed E-state index contributed by atoms with van der Waals surface area (Å²) in [5.74, 6) is 0.308. The molecule has 1 aliphatic heterocycles. The highest BCUT2D eigenvalue weighted by Crippen LogP contribution is 2.27. The summed E-state index contributed by atoms with van der Waals surface area (Å²) in [4.78, 5) is 21.7. The molecule has 0 amide bonds. The van der Waals surface area contributed by atoms with Gasteiger partial charge in [0.15, 0.2) is 0 Å². The van der Waals surface area contributed by atoms with Crippen molar-refractivity contribution in [1.29, 1.82) is 0 Å². The Hall–Kier alpha value is -2.80. The van der Waals surface area contributed by atoms with Crippen LogP contribution in [-0.2, 0) is 35.2 Å². The summed E-state index contributed by atoms with van der Waals surface area (Å²) in [7, 11) is 0. The van der Waals surface area contributed by atoms with Crippen molar-refractivity contribution in [3.63, 3.8) is 0 Å². The average Bonchev–Trinajstić information content (AvgIpc) is 3.26. The largest absolute Gasteiger partial charge is 0.466 e. The highest BCUT2D eigenvalue weighted by Gasteiger charge is 2.20. The molecule has 33 heavy (non-hydrogen) atoms. The lowest BCUT2D eigenvalue weighted by atomic mass is 9.91. The van der Waals surface area contributed by atoms with E-state index in [4.69, 9.17) is 14.7 Å². The number of nitrogens with zero attached hydrogens (tertiary/aromatic N) is 2. The van der Waals surface area contributed by atoms with Gasteiger partial charge in [-0.15, -0.1) is 11.3 Å². The Balaban J connectivity index is 1.35. The van der Waals surface area contributed by atoms with E-state index in [9.17, 15) is 9.18 Å². The molecular weight excluding hydrogens is 437 g/mol. The number of hydrogen-bond acceptors (Lipinski definition) is 6. The Morgan fingerprint density at radius 2 is 2.12 bits per heavy atom. The summed E-state index contributed by atoms with van der Waals surface area (Å²) in [5, 5.41) is 6.52. The molecule has 1 aromatic carbocycles. The van der Waals surface area contributed by atoms with Crippen LogP contribution in [-0.4, -0.2) is 29.1 Å². The summed E-state index contributed by atoms with van der Waals surface area (Å²) in [6, 6.07) is 10.8. The molecule has 0 saturated carbocycles. The van der Waals surface area contributed by atoms with Crippen LogP contribution >= 0.6 is 11.3 Å². The standard InChI is InChI=1S/C26H30FN3O2S/c1-2-32-25(31)16-20(19-6-3-8-21(27)14-19)15-23-17-33-24(29-23)10-4-9-22-12-11-18-7-5-13-28-26(18)30-22/h3,6,8,11-12,14,17,20H,2,4-5,7,9-10,13,15-16H2,1H3,(H,28,30). The molecule has 3 aromatic rings. The fourth-order valence-electron chi connectivity index (χ4n) is 4.23. The number of carbonyl (C=O) groups is 1. The second kappa shape index (κ2) is 11.4. The number of aryl methyl sites for hydroxylation is 3. The summed E-state index contributed by atoms with van der Waals surface area (Å²) in [6.07, 6.45) is 5.84. The molecule has 4 rings (SSSR count). The minimum atomic E-state index is -0.300. The molecule has 0 radical (unpaired) electrons. The van der Waals surface area contributed by atoms with Crippen molar-refractivity contribution in [1.82, 2.24) is 9.97 Å². The number of pyridine rings is 1. The topological polar surface area (TPSA) is 64.1 Å². The third-order valence-electron chi connectivity index (χ3n) is 5.87. The number of rotatable bonds is 10. The van der Waals surface area contributed by atoms with Crippen molar-refractivity contribution in [3.8, 4) is 0 Å². The van der Waals surface area contributed by atoms with Gasteiger partial charge in [-0.25, -0.2) is 14.4 Å². The molecular formula is C26H30FN3O2S. The lowest BCUT2D eigenvalue weighted by molar-refractivity contribution is -0.143. The van der Waals surface area contributed by atoms with Crippen molar-refractivity contribution < 1.29 is 13.9 Å². The average molecular weight is 468 g/mol. The van der Waals surface area contributed by atoms with E-state index in [1.54, 1.807) is 24.3 Å². The number of nitrogens with one attached hydrogen (secondary N) is 1. The van der Waals surface area contributed by atoms with Gasteiger partial charge in [-0.3, -0.25) is 4.79 Å². The van der Waals surface area contributed by atoms with Gasteiger partial charge in [-0.2, -0.15) is 0 Å². The molecule has 0 fully saturated rings. The minimum absolute atomic E-state index is 0.165. The van der Waals surface area contributed by atoms with E-state index < -0.39 is 0 Å². The maximum Gasteiger partial charge on any atom is 0.306 e. The van der Waals surface area contributed by atoms with Gasteiger partial charge in [-0.1, -0.05) is 18.2 Å². The Bertz CT molecular complexity index is 1080. The third kappa shape index (κ3) is 6.60. The molecule has 5 nitrogen and oxygen atoms in total. The Morgan fingerprint density at radius 1 is 1.21 bits per heavy atom. The maximum atomic E-state index is 13.8.